The lowest BCUT2D eigenvalue weighted by Gasteiger charge is -2.05. The predicted octanol–water partition coefficient (Wildman–Crippen LogP) is 1.55. The number of anilines is 1. The first kappa shape index (κ1) is 12.0. The number of aryl methyl sites for hydroxylation is 1. The van der Waals surface area contributed by atoms with Crippen LogP contribution in [0.3, 0.4) is 0 Å². The Bertz CT molecular complexity index is 700. The second kappa shape index (κ2) is 4.44. The van der Waals surface area contributed by atoms with Gasteiger partial charge in [0.15, 0.2) is 5.43 Å². The summed E-state index contributed by atoms with van der Waals surface area (Å²) < 4.78 is 5.48. The molecule has 0 saturated carbocycles. The van der Waals surface area contributed by atoms with Crippen molar-refractivity contribution < 1.29 is 14.0 Å². The third kappa shape index (κ3) is 2.02. The first-order chi connectivity index (χ1) is 8.52. The zero-order chi connectivity index (χ0) is 13.3. The lowest BCUT2D eigenvalue weighted by molar-refractivity contribution is -0.127. The minimum atomic E-state index is -0.762. The Labute approximate surface area is 102 Å². The van der Waals surface area contributed by atoms with E-state index in [0.717, 1.165) is 0 Å². The number of aldehydes is 1. The number of amides is 1. The maximum absolute atomic E-state index is 12.0. The van der Waals surface area contributed by atoms with E-state index in [9.17, 15) is 14.4 Å². The molecule has 1 amide bonds. The Morgan fingerprint density at radius 1 is 1.33 bits per heavy atom. The summed E-state index contributed by atoms with van der Waals surface area (Å²) in [6, 6.07) is 4.65. The smallest absolute Gasteiger partial charge is 0.288 e. The molecule has 0 unspecified atom stereocenters. The number of rotatable bonds is 2. The van der Waals surface area contributed by atoms with Crippen molar-refractivity contribution in [1.29, 1.82) is 0 Å². The summed E-state index contributed by atoms with van der Waals surface area (Å²) in [6.07, 6.45) is 0.174. The summed E-state index contributed by atoms with van der Waals surface area (Å²) in [5.74, 6) is -0.195. The van der Waals surface area contributed by atoms with Gasteiger partial charge >= 0.3 is 0 Å². The van der Waals surface area contributed by atoms with Gasteiger partial charge in [0, 0.05) is 11.3 Å². The first-order valence-corrected chi connectivity index (χ1v) is 5.33. The molecule has 92 valence electrons. The third-order valence-electron chi connectivity index (χ3n) is 2.73. The highest BCUT2D eigenvalue weighted by Crippen LogP contribution is 2.19. The van der Waals surface area contributed by atoms with E-state index >= 15 is 0 Å². The van der Waals surface area contributed by atoms with Crippen LogP contribution in [0.15, 0.2) is 27.4 Å². The van der Waals surface area contributed by atoms with Gasteiger partial charge in [0.1, 0.15) is 11.3 Å². The Balaban J connectivity index is 2.61. The second-order valence-corrected chi connectivity index (χ2v) is 3.93. The van der Waals surface area contributed by atoms with Gasteiger partial charge in [0.05, 0.1) is 5.39 Å². The number of carbonyl (C=O) groups excluding carboxylic acids is 2. The van der Waals surface area contributed by atoms with Crippen molar-refractivity contribution in [2.45, 2.75) is 13.8 Å². The molecule has 0 saturated heterocycles. The van der Waals surface area contributed by atoms with Gasteiger partial charge in [-0.3, -0.25) is 14.4 Å². The average Bonchev–Trinajstić information content (AvgIpc) is 2.37. The normalized spacial score (nSPS) is 10.3. The summed E-state index contributed by atoms with van der Waals surface area (Å²) in [6.45, 7) is 3.40. The van der Waals surface area contributed by atoms with Crippen LogP contribution in [0.2, 0.25) is 0 Å². The predicted molar refractivity (Wildman–Crippen MR) is 66.7 cm³/mol. The highest BCUT2D eigenvalue weighted by Gasteiger charge is 2.09. The molecule has 1 aromatic carbocycles. The highest BCUT2D eigenvalue weighted by molar-refractivity contribution is 6.29. The fourth-order valence-corrected chi connectivity index (χ4v) is 1.65. The number of benzene rings is 1. The largest absolute Gasteiger partial charge is 0.461 e. The molecule has 18 heavy (non-hydrogen) atoms. The molecule has 0 aliphatic rings. The van der Waals surface area contributed by atoms with Crippen molar-refractivity contribution in [2.24, 2.45) is 0 Å². The van der Waals surface area contributed by atoms with Gasteiger partial charge in [-0.15, -0.1) is 0 Å². The number of fused-ring (bicyclic) bond motifs is 1. The van der Waals surface area contributed by atoms with Gasteiger partial charge in [-0.25, -0.2) is 0 Å². The molecule has 1 aromatic heterocycles. The van der Waals surface area contributed by atoms with Crippen LogP contribution in [-0.4, -0.2) is 12.2 Å². The molecule has 1 heterocycles. The van der Waals surface area contributed by atoms with Gasteiger partial charge in [-0.05, 0) is 32.0 Å². The minimum Gasteiger partial charge on any atom is -0.461 e. The lowest BCUT2D eigenvalue weighted by Crippen LogP contribution is -2.13. The maximum Gasteiger partial charge on any atom is 0.288 e. The Kier molecular flexibility index (Phi) is 2.97. The molecule has 5 heteroatoms. The minimum absolute atomic E-state index is 0.143. The van der Waals surface area contributed by atoms with Crippen LogP contribution in [0, 0.1) is 13.8 Å². The number of carbonyl (C=O) groups is 2. The van der Waals surface area contributed by atoms with E-state index in [0.29, 0.717) is 28.0 Å². The fraction of sp³-hybridized carbons (Fsp3) is 0.154. The average molecular weight is 245 g/mol. The number of nitrogens with one attached hydrogen (secondary N) is 1. The molecular weight excluding hydrogens is 234 g/mol. The van der Waals surface area contributed by atoms with Crippen LogP contribution in [0.1, 0.15) is 11.3 Å². The Hall–Kier alpha value is -2.43. The van der Waals surface area contributed by atoms with Gasteiger partial charge in [-0.2, -0.15) is 0 Å². The van der Waals surface area contributed by atoms with Crippen LogP contribution >= 0.6 is 0 Å². The van der Waals surface area contributed by atoms with E-state index < -0.39 is 5.91 Å². The Morgan fingerprint density at radius 3 is 2.72 bits per heavy atom. The SMILES string of the molecule is Cc1oc2ccc(NC(=O)C=O)cc2c(=O)c1C. The summed E-state index contributed by atoms with van der Waals surface area (Å²) >= 11 is 0. The molecule has 2 aromatic rings. The highest BCUT2D eigenvalue weighted by atomic mass is 16.3. The van der Waals surface area contributed by atoms with Gasteiger partial charge < -0.3 is 9.73 Å². The van der Waals surface area contributed by atoms with Crippen molar-refractivity contribution in [1.82, 2.24) is 0 Å². The van der Waals surface area contributed by atoms with Crippen LogP contribution < -0.4 is 10.7 Å². The van der Waals surface area contributed by atoms with Crippen LogP contribution in [-0.2, 0) is 9.59 Å². The van der Waals surface area contributed by atoms with Crippen molar-refractivity contribution in [2.75, 3.05) is 5.32 Å². The molecule has 5 nitrogen and oxygen atoms in total. The molecular formula is C13H11NO4. The van der Waals surface area contributed by atoms with Crippen molar-refractivity contribution in [3.8, 4) is 0 Å². The van der Waals surface area contributed by atoms with Crippen molar-refractivity contribution in [3.05, 3.63) is 39.7 Å². The maximum atomic E-state index is 12.0. The van der Waals surface area contributed by atoms with Crippen molar-refractivity contribution in [3.63, 3.8) is 0 Å². The first-order valence-electron chi connectivity index (χ1n) is 5.33. The van der Waals surface area contributed by atoms with E-state index in [1.165, 1.54) is 6.07 Å². The number of hydrogen-bond donors (Lipinski definition) is 1. The summed E-state index contributed by atoms with van der Waals surface area (Å²) in [4.78, 5) is 33.2. The van der Waals surface area contributed by atoms with Crippen LogP contribution in [0.25, 0.3) is 11.0 Å². The van der Waals surface area contributed by atoms with E-state index in [1.54, 1.807) is 26.0 Å². The topological polar surface area (TPSA) is 76.4 Å². The zero-order valence-electron chi connectivity index (χ0n) is 9.94. The second-order valence-electron chi connectivity index (χ2n) is 3.93. The third-order valence-corrected chi connectivity index (χ3v) is 2.73. The fourth-order valence-electron chi connectivity index (χ4n) is 1.65. The summed E-state index contributed by atoms with van der Waals surface area (Å²) in [5, 5.41) is 2.73. The van der Waals surface area contributed by atoms with Crippen LogP contribution in [0.4, 0.5) is 5.69 Å². The molecule has 0 atom stereocenters. The lowest BCUT2D eigenvalue weighted by atomic mass is 10.1. The number of hydrogen-bond acceptors (Lipinski definition) is 4. The van der Waals surface area contributed by atoms with E-state index in [2.05, 4.69) is 5.32 Å². The van der Waals surface area contributed by atoms with Gasteiger partial charge in [0.25, 0.3) is 5.91 Å². The summed E-state index contributed by atoms with van der Waals surface area (Å²) in [5.41, 5.74) is 1.22. The molecule has 1 N–H and O–H groups in total. The monoisotopic (exact) mass is 245 g/mol. The molecule has 0 radical (unpaired) electrons. The van der Waals surface area contributed by atoms with E-state index in [1.807, 2.05) is 0 Å². The van der Waals surface area contributed by atoms with Crippen LogP contribution in [0.5, 0.6) is 0 Å². The van der Waals surface area contributed by atoms with E-state index in [-0.39, 0.29) is 11.7 Å². The zero-order valence-corrected chi connectivity index (χ0v) is 9.94. The summed E-state index contributed by atoms with van der Waals surface area (Å²) in [7, 11) is 0. The van der Waals surface area contributed by atoms with Gasteiger partial charge in [-0.1, -0.05) is 0 Å². The van der Waals surface area contributed by atoms with Crippen molar-refractivity contribution >= 4 is 28.8 Å². The standard InChI is InChI=1S/C13H11NO4/c1-7-8(2)18-11-4-3-9(14-12(16)6-15)5-10(11)13(7)17/h3-6H,1-2H3,(H,14,16). The molecule has 0 aliphatic carbocycles. The van der Waals surface area contributed by atoms with E-state index in [4.69, 9.17) is 4.42 Å². The quantitative estimate of drug-likeness (QED) is 0.643. The molecule has 0 aliphatic heterocycles. The Morgan fingerprint density at radius 2 is 2.06 bits per heavy atom. The molecule has 0 fully saturated rings. The molecule has 0 spiro atoms. The molecule has 0 bridgehead atoms. The molecule has 2 rings (SSSR count). The van der Waals surface area contributed by atoms with Gasteiger partial charge in [0.2, 0.25) is 6.29 Å².